The zero-order valence-corrected chi connectivity index (χ0v) is 18.5. The van der Waals surface area contributed by atoms with E-state index in [0.29, 0.717) is 13.0 Å². The fraction of sp³-hybridized carbons (Fsp3) is 0.500. The highest BCUT2D eigenvalue weighted by Gasteiger charge is 2.25. The van der Waals surface area contributed by atoms with Crippen molar-refractivity contribution in [1.82, 2.24) is 0 Å². The van der Waals surface area contributed by atoms with Gasteiger partial charge in [0.15, 0.2) is 0 Å². The monoisotopic (exact) mass is 396 g/mol. The van der Waals surface area contributed by atoms with Gasteiger partial charge in [-0.15, -0.1) is 0 Å². The molecule has 0 saturated heterocycles. The number of hydrogen-bond acceptors (Lipinski definition) is 2. The van der Waals surface area contributed by atoms with Crippen LogP contribution in [0.4, 0.5) is 0 Å². The van der Waals surface area contributed by atoms with Crippen molar-refractivity contribution in [2.45, 2.75) is 72.6 Å². The van der Waals surface area contributed by atoms with E-state index >= 15 is 0 Å². The first-order chi connectivity index (χ1) is 13.8. The predicted octanol–water partition coefficient (Wildman–Crippen LogP) is 6.53. The van der Waals surface area contributed by atoms with Crippen molar-refractivity contribution in [2.75, 3.05) is 6.61 Å². The maximum atomic E-state index is 11.1. The highest BCUT2D eigenvalue weighted by molar-refractivity contribution is 5.73. The lowest BCUT2D eigenvalue weighted by atomic mass is 9.87. The summed E-state index contributed by atoms with van der Waals surface area (Å²) in [6.45, 7) is 8.53. The number of carboxylic acids is 1. The molecule has 29 heavy (non-hydrogen) atoms. The van der Waals surface area contributed by atoms with Gasteiger partial charge in [-0.1, -0.05) is 35.9 Å². The molecule has 0 spiro atoms. The summed E-state index contributed by atoms with van der Waals surface area (Å²) in [5.74, 6) is 0.157. The number of hydrogen-bond donors (Lipinski definition) is 1. The molecule has 3 nitrogen and oxygen atoms in total. The molecule has 2 aromatic carbocycles. The third-order valence-electron chi connectivity index (χ3n) is 5.63. The molecule has 0 aromatic heterocycles. The van der Waals surface area contributed by atoms with Gasteiger partial charge < -0.3 is 9.84 Å². The summed E-state index contributed by atoms with van der Waals surface area (Å²) < 4.78 is 5.80. The number of aryl methyl sites for hydroxylation is 4. The Morgan fingerprint density at radius 2 is 1.62 bits per heavy atom. The second kappa shape index (κ2) is 11.0. The lowest BCUT2D eigenvalue weighted by molar-refractivity contribution is -0.147. The van der Waals surface area contributed by atoms with E-state index in [1.54, 1.807) is 13.8 Å². The molecule has 158 valence electrons. The molecule has 0 radical (unpaired) electrons. The largest absolute Gasteiger partial charge is 0.494 e. The zero-order valence-electron chi connectivity index (χ0n) is 18.5. The second-order valence-corrected chi connectivity index (χ2v) is 8.78. The van der Waals surface area contributed by atoms with Gasteiger partial charge in [0.05, 0.1) is 12.0 Å². The third-order valence-corrected chi connectivity index (χ3v) is 5.63. The van der Waals surface area contributed by atoms with Gasteiger partial charge in [0.2, 0.25) is 0 Å². The molecular weight excluding hydrogens is 360 g/mol. The van der Waals surface area contributed by atoms with Gasteiger partial charge in [-0.3, -0.25) is 4.79 Å². The number of aliphatic carboxylic acids is 1. The van der Waals surface area contributed by atoms with Crippen LogP contribution in [0.3, 0.4) is 0 Å². The smallest absolute Gasteiger partial charge is 0.309 e. The Kier molecular flexibility index (Phi) is 8.75. The Labute approximate surface area is 176 Å². The van der Waals surface area contributed by atoms with Gasteiger partial charge in [-0.05, 0) is 101 Å². The molecule has 2 aromatic rings. The van der Waals surface area contributed by atoms with Gasteiger partial charge in [-0.2, -0.15) is 0 Å². The summed E-state index contributed by atoms with van der Waals surface area (Å²) in [6, 6.07) is 15.1. The molecule has 0 aliphatic heterocycles. The van der Waals surface area contributed by atoms with Crippen LogP contribution < -0.4 is 4.74 Å². The van der Waals surface area contributed by atoms with Crippen LogP contribution in [0.5, 0.6) is 5.75 Å². The highest BCUT2D eigenvalue weighted by atomic mass is 16.5. The summed E-state index contributed by atoms with van der Waals surface area (Å²) >= 11 is 0. The summed E-state index contributed by atoms with van der Waals surface area (Å²) in [4.78, 5) is 11.1. The molecule has 0 atom stereocenters. The normalized spacial score (nSPS) is 11.4. The van der Waals surface area contributed by atoms with Crippen molar-refractivity contribution in [3.05, 3.63) is 64.7 Å². The first kappa shape index (κ1) is 23.0. The quantitative estimate of drug-likeness (QED) is 0.415. The average Bonchev–Trinajstić information content (AvgIpc) is 2.68. The summed E-state index contributed by atoms with van der Waals surface area (Å²) in [5.41, 5.74) is 4.90. The lowest BCUT2D eigenvalue weighted by Crippen LogP contribution is -2.23. The number of carboxylic acid groups (broad SMARTS) is 1. The molecule has 0 aliphatic rings. The van der Waals surface area contributed by atoms with Crippen LogP contribution in [0.1, 0.15) is 68.2 Å². The van der Waals surface area contributed by atoms with Gasteiger partial charge >= 0.3 is 5.97 Å². The van der Waals surface area contributed by atoms with Gasteiger partial charge in [0.1, 0.15) is 5.75 Å². The van der Waals surface area contributed by atoms with Crippen LogP contribution in [0, 0.1) is 19.3 Å². The number of rotatable bonds is 12. The van der Waals surface area contributed by atoms with E-state index in [-0.39, 0.29) is 0 Å². The fourth-order valence-corrected chi connectivity index (χ4v) is 3.43. The van der Waals surface area contributed by atoms with Crippen LogP contribution in [-0.4, -0.2) is 17.7 Å². The number of unbranched alkanes of at least 4 members (excludes halogenated alkanes) is 2. The predicted molar refractivity (Wildman–Crippen MR) is 120 cm³/mol. The Hall–Kier alpha value is -2.29. The maximum Gasteiger partial charge on any atom is 0.309 e. The minimum Gasteiger partial charge on any atom is -0.494 e. The zero-order chi connectivity index (χ0) is 21.3. The minimum absolute atomic E-state index is 0.630. The standard InChI is InChI=1S/C26H36O3/c1-20-11-12-21(2)23(19-20)10-6-5-9-22-13-15-24(16-14-22)29-18-8-7-17-26(3,4)25(27)28/h11-16,19H,5-10,17-18H2,1-4H3,(H,27,28). The second-order valence-electron chi connectivity index (χ2n) is 8.78. The average molecular weight is 397 g/mol. The third kappa shape index (κ3) is 7.92. The molecule has 2 rings (SSSR count). The van der Waals surface area contributed by atoms with Crippen molar-refractivity contribution >= 4 is 5.97 Å². The van der Waals surface area contributed by atoms with Gasteiger partial charge in [-0.25, -0.2) is 0 Å². The van der Waals surface area contributed by atoms with Crippen LogP contribution in [-0.2, 0) is 17.6 Å². The minimum atomic E-state index is -0.733. The molecule has 0 saturated carbocycles. The summed E-state index contributed by atoms with van der Waals surface area (Å²) in [5, 5.41) is 9.13. The van der Waals surface area contributed by atoms with E-state index in [0.717, 1.165) is 31.4 Å². The molecule has 0 heterocycles. The topological polar surface area (TPSA) is 46.5 Å². The molecule has 3 heteroatoms. The van der Waals surface area contributed by atoms with E-state index in [1.165, 1.54) is 35.1 Å². The van der Waals surface area contributed by atoms with E-state index in [9.17, 15) is 4.79 Å². The Balaban J connectivity index is 1.64. The van der Waals surface area contributed by atoms with E-state index < -0.39 is 11.4 Å². The molecule has 0 amide bonds. The van der Waals surface area contributed by atoms with Crippen LogP contribution in [0.25, 0.3) is 0 Å². The van der Waals surface area contributed by atoms with Crippen molar-refractivity contribution in [2.24, 2.45) is 5.41 Å². The van der Waals surface area contributed by atoms with Crippen LogP contribution in [0.2, 0.25) is 0 Å². The Bertz CT molecular complexity index is 775. The van der Waals surface area contributed by atoms with Crippen LogP contribution in [0.15, 0.2) is 42.5 Å². The van der Waals surface area contributed by atoms with E-state index in [2.05, 4.69) is 44.2 Å². The van der Waals surface area contributed by atoms with Gasteiger partial charge in [0, 0.05) is 0 Å². The van der Waals surface area contributed by atoms with E-state index in [1.807, 2.05) is 12.1 Å². The Morgan fingerprint density at radius 1 is 0.931 bits per heavy atom. The molecule has 0 unspecified atom stereocenters. The maximum absolute atomic E-state index is 11.1. The lowest BCUT2D eigenvalue weighted by Gasteiger charge is -2.18. The molecule has 0 bridgehead atoms. The van der Waals surface area contributed by atoms with Crippen molar-refractivity contribution in [3.63, 3.8) is 0 Å². The summed E-state index contributed by atoms with van der Waals surface area (Å²) in [7, 11) is 0. The SMILES string of the molecule is Cc1ccc(C)c(CCCCc2ccc(OCCCCC(C)(C)C(=O)O)cc2)c1. The number of benzene rings is 2. The molecule has 0 aliphatic carbocycles. The van der Waals surface area contributed by atoms with Crippen LogP contribution >= 0.6 is 0 Å². The van der Waals surface area contributed by atoms with E-state index in [4.69, 9.17) is 9.84 Å². The molecular formula is C26H36O3. The number of carbonyl (C=O) groups is 1. The number of ether oxygens (including phenoxy) is 1. The van der Waals surface area contributed by atoms with Crippen molar-refractivity contribution in [1.29, 1.82) is 0 Å². The first-order valence-electron chi connectivity index (χ1n) is 10.8. The first-order valence-corrected chi connectivity index (χ1v) is 10.8. The summed E-state index contributed by atoms with van der Waals surface area (Å²) in [6.07, 6.45) is 7.03. The molecule has 1 N–H and O–H groups in total. The molecule has 0 fully saturated rings. The van der Waals surface area contributed by atoms with Crippen molar-refractivity contribution in [3.8, 4) is 5.75 Å². The van der Waals surface area contributed by atoms with Gasteiger partial charge in [0.25, 0.3) is 0 Å². The fourth-order valence-electron chi connectivity index (χ4n) is 3.43. The highest BCUT2D eigenvalue weighted by Crippen LogP contribution is 2.23. The Morgan fingerprint density at radius 3 is 2.31 bits per heavy atom. The van der Waals surface area contributed by atoms with Crippen molar-refractivity contribution < 1.29 is 14.6 Å².